The first-order valence-corrected chi connectivity index (χ1v) is 5.60. The highest BCUT2D eigenvalue weighted by atomic mass is 35.5. The van der Waals surface area contributed by atoms with E-state index in [0.29, 0.717) is 28.5 Å². The maximum Gasteiger partial charge on any atom is 0.303 e. The number of aromatic nitrogens is 2. The third kappa shape index (κ3) is 2.31. The predicted molar refractivity (Wildman–Crippen MR) is 64.4 cm³/mol. The summed E-state index contributed by atoms with van der Waals surface area (Å²) in [5, 5.41) is 1.18. The van der Waals surface area contributed by atoms with Gasteiger partial charge in [-0.2, -0.15) is 0 Å². The van der Waals surface area contributed by atoms with Gasteiger partial charge >= 0.3 is 6.01 Å². The fraction of sp³-hybridized carbons (Fsp3) is 0.182. The van der Waals surface area contributed by atoms with E-state index in [-0.39, 0.29) is 0 Å². The summed E-state index contributed by atoms with van der Waals surface area (Å²) in [4.78, 5) is 4.08. The second-order valence-electron chi connectivity index (χ2n) is 3.17. The fourth-order valence-corrected chi connectivity index (χ4v) is 1.76. The normalized spacial score (nSPS) is 10.4. The van der Waals surface area contributed by atoms with Gasteiger partial charge in [-0.15, -0.1) is 0 Å². The van der Waals surface area contributed by atoms with E-state index in [1.165, 1.54) is 0 Å². The van der Waals surface area contributed by atoms with Crippen LogP contribution in [0.25, 0.3) is 0 Å². The molecule has 0 aliphatic carbocycles. The SMILES string of the molecule is CCn1c(Cl)cnc1Oc1cccc(Cl)c1. The number of rotatable bonds is 3. The summed E-state index contributed by atoms with van der Waals surface area (Å²) in [6.07, 6.45) is 1.56. The number of nitrogens with zero attached hydrogens (tertiary/aromatic N) is 2. The van der Waals surface area contributed by atoms with E-state index in [1.54, 1.807) is 22.9 Å². The lowest BCUT2D eigenvalue weighted by Gasteiger charge is -2.07. The lowest BCUT2D eigenvalue weighted by atomic mass is 10.3. The second kappa shape index (κ2) is 4.76. The van der Waals surface area contributed by atoms with Crippen molar-refractivity contribution in [2.24, 2.45) is 0 Å². The summed E-state index contributed by atoms with van der Waals surface area (Å²) in [5.41, 5.74) is 0. The molecule has 0 fully saturated rings. The highest BCUT2D eigenvalue weighted by Gasteiger charge is 2.08. The van der Waals surface area contributed by atoms with Gasteiger partial charge in [-0.1, -0.05) is 29.3 Å². The van der Waals surface area contributed by atoms with Crippen LogP contribution in [0, 0.1) is 0 Å². The van der Waals surface area contributed by atoms with E-state index in [9.17, 15) is 0 Å². The quantitative estimate of drug-likeness (QED) is 0.830. The number of ether oxygens (including phenoxy) is 1. The highest BCUT2D eigenvalue weighted by Crippen LogP contribution is 2.25. The molecule has 0 spiro atoms. The Labute approximate surface area is 104 Å². The van der Waals surface area contributed by atoms with Crippen LogP contribution < -0.4 is 4.74 Å². The smallest absolute Gasteiger partial charge is 0.303 e. The largest absolute Gasteiger partial charge is 0.425 e. The predicted octanol–water partition coefficient (Wildman–Crippen LogP) is 4.00. The van der Waals surface area contributed by atoms with Gasteiger partial charge in [0.1, 0.15) is 10.9 Å². The standard InChI is InChI=1S/C11H10Cl2N2O/c1-2-15-10(13)7-14-11(15)16-9-5-3-4-8(12)6-9/h3-7H,2H2,1H3. The number of halogens is 2. The van der Waals surface area contributed by atoms with E-state index in [2.05, 4.69) is 4.98 Å². The van der Waals surface area contributed by atoms with E-state index in [4.69, 9.17) is 27.9 Å². The molecular formula is C11H10Cl2N2O. The van der Waals surface area contributed by atoms with Crippen LogP contribution in [0.3, 0.4) is 0 Å². The molecule has 0 atom stereocenters. The Kier molecular flexibility index (Phi) is 3.36. The third-order valence-electron chi connectivity index (χ3n) is 2.09. The Hall–Kier alpha value is -1.19. The molecule has 16 heavy (non-hydrogen) atoms. The summed E-state index contributed by atoms with van der Waals surface area (Å²) in [5.74, 6) is 0.643. The van der Waals surface area contributed by atoms with Crippen molar-refractivity contribution in [3.63, 3.8) is 0 Å². The van der Waals surface area contributed by atoms with Crippen LogP contribution in [-0.4, -0.2) is 9.55 Å². The van der Waals surface area contributed by atoms with E-state index in [1.807, 2.05) is 19.1 Å². The summed E-state index contributed by atoms with van der Waals surface area (Å²) in [7, 11) is 0. The summed E-state index contributed by atoms with van der Waals surface area (Å²) in [6, 6.07) is 7.61. The van der Waals surface area contributed by atoms with Crippen LogP contribution in [0.15, 0.2) is 30.5 Å². The Bertz CT molecular complexity index is 496. The number of benzene rings is 1. The zero-order valence-corrected chi connectivity index (χ0v) is 10.2. The molecule has 2 rings (SSSR count). The van der Waals surface area contributed by atoms with Crippen molar-refractivity contribution < 1.29 is 4.74 Å². The molecule has 1 aromatic heterocycles. The molecule has 1 aromatic carbocycles. The van der Waals surface area contributed by atoms with Crippen molar-refractivity contribution in [3.05, 3.63) is 40.6 Å². The van der Waals surface area contributed by atoms with Crippen LogP contribution >= 0.6 is 23.2 Å². The number of imidazole rings is 1. The molecule has 0 saturated carbocycles. The maximum absolute atomic E-state index is 5.94. The molecule has 1 heterocycles. The topological polar surface area (TPSA) is 27.1 Å². The van der Waals surface area contributed by atoms with E-state index < -0.39 is 0 Å². The zero-order chi connectivity index (χ0) is 11.5. The Morgan fingerprint density at radius 3 is 2.88 bits per heavy atom. The van der Waals surface area contributed by atoms with Gasteiger partial charge in [0.05, 0.1) is 6.20 Å². The Balaban J connectivity index is 2.27. The van der Waals surface area contributed by atoms with Crippen molar-refractivity contribution in [3.8, 4) is 11.8 Å². The minimum Gasteiger partial charge on any atom is -0.425 e. The van der Waals surface area contributed by atoms with Crippen LogP contribution in [0.1, 0.15) is 6.92 Å². The summed E-state index contributed by atoms with van der Waals surface area (Å²) >= 11 is 11.8. The molecule has 0 amide bonds. The molecule has 0 saturated heterocycles. The van der Waals surface area contributed by atoms with Gasteiger partial charge in [-0.05, 0) is 25.1 Å². The highest BCUT2D eigenvalue weighted by molar-refractivity contribution is 6.30. The minimum atomic E-state index is 0.467. The van der Waals surface area contributed by atoms with Gasteiger partial charge < -0.3 is 4.74 Å². The van der Waals surface area contributed by atoms with Gasteiger partial charge in [0.15, 0.2) is 0 Å². The molecule has 3 nitrogen and oxygen atoms in total. The molecule has 0 N–H and O–H groups in total. The monoisotopic (exact) mass is 256 g/mol. The van der Waals surface area contributed by atoms with Gasteiger partial charge in [-0.25, -0.2) is 4.98 Å². The number of hydrogen-bond donors (Lipinski definition) is 0. The summed E-state index contributed by atoms with van der Waals surface area (Å²) < 4.78 is 7.35. The zero-order valence-electron chi connectivity index (χ0n) is 8.65. The van der Waals surface area contributed by atoms with Crippen LogP contribution in [-0.2, 0) is 6.54 Å². The molecule has 5 heteroatoms. The van der Waals surface area contributed by atoms with Crippen molar-refractivity contribution in [2.45, 2.75) is 13.5 Å². The molecule has 0 aliphatic rings. The first-order chi connectivity index (χ1) is 7.70. The van der Waals surface area contributed by atoms with E-state index >= 15 is 0 Å². The molecule has 0 radical (unpaired) electrons. The van der Waals surface area contributed by atoms with Gasteiger partial charge in [-0.3, -0.25) is 4.57 Å². The Morgan fingerprint density at radius 2 is 2.19 bits per heavy atom. The lowest BCUT2D eigenvalue weighted by Crippen LogP contribution is -1.98. The second-order valence-corrected chi connectivity index (χ2v) is 3.99. The third-order valence-corrected chi connectivity index (χ3v) is 2.63. The Morgan fingerprint density at radius 1 is 1.38 bits per heavy atom. The molecule has 2 aromatic rings. The fourth-order valence-electron chi connectivity index (χ4n) is 1.34. The average molecular weight is 257 g/mol. The minimum absolute atomic E-state index is 0.467. The van der Waals surface area contributed by atoms with Crippen LogP contribution in [0.4, 0.5) is 0 Å². The lowest BCUT2D eigenvalue weighted by molar-refractivity contribution is 0.415. The van der Waals surface area contributed by atoms with Crippen LogP contribution in [0.5, 0.6) is 11.8 Å². The maximum atomic E-state index is 5.94. The van der Waals surface area contributed by atoms with Crippen molar-refractivity contribution >= 4 is 23.2 Å². The van der Waals surface area contributed by atoms with Gasteiger partial charge in [0, 0.05) is 11.6 Å². The average Bonchev–Trinajstić information content (AvgIpc) is 2.59. The molecular weight excluding hydrogens is 247 g/mol. The van der Waals surface area contributed by atoms with Crippen molar-refractivity contribution in [1.82, 2.24) is 9.55 Å². The van der Waals surface area contributed by atoms with Gasteiger partial charge in [0.2, 0.25) is 0 Å². The summed E-state index contributed by atoms with van der Waals surface area (Å²) in [6.45, 7) is 2.67. The van der Waals surface area contributed by atoms with Gasteiger partial charge in [0.25, 0.3) is 0 Å². The van der Waals surface area contributed by atoms with Crippen molar-refractivity contribution in [2.75, 3.05) is 0 Å². The first-order valence-electron chi connectivity index (χ1n) is 4.85. The first kappa shape index (κ1) is 11.3. The molecule has 0 aliphatic heterocycles. The molecule has 84 valence electrons. The van der Waals surface area contributed by atoms with Crippen molar-refractivity contribution in [1.29, 1.82) is 0 Å². The molecule has 0 bridgehead atoms. The number of hydrogen-bond acceptors (Lipinski definition) is 2. The molecule has 0 unspecified atom stereocenters. The van der Waals surface area contributed by atoms with Crippen LogP contribution in [0.2, 0.25) is 10.2 Å². The van der Waals surface area contributed by atoms with E-state index in [0.717, 1.165) is 0 Å².